The summed E-state index contributed by atoms with van der Waals surface area (Å²) in [5, 5.41) is 10.7. The summed E-state index contributed by atoms with van der Waals surface area (Å²) in [7, 11) is 1.86. The van der Waals surface area contributed by atoms with Gasteiger partial charge in [0.25, 0.3) is 0 Å². The zero-order valence-electron chi connectivity index (χ0n) is 20.1. The van der Waals surface area contributed by atoms with Gasteiger partial charge in [-0.25, -0.2) is 0 Å². The van der Waals surface area contributed by atoms with Crippen molar-refractivity contribution in [2.45, 2.75) is 44.3 Å². The third-order valence-electron chi connectivity index (χ3n) is 8.00. The first-order valence-corrected chi connectivity index (χ1v) is 11.9. The molecule has 4 aromatic rings. The molecule has 1 N–H and O–H groups in total. The highest BCUT2D eigenvalue weighted by molar-refractivity contribution is 6.48. The molecule has 2 aliphatic carbocycles. The highest BCUT2D eigenvalue weighted by Crippen LogP contribution is 2.62. The van der Waals surface area contributed by atoms with Gasteiger partial charge < -0.3 is 9.76 Å². The first-order chi connectivity index (χ1) is 16.3. The Morgan fingerprint density at radius 2 is 1.06 bits per heavy atom. The van der Waals surface area contributed by atoms with Gasteiger partial charge in [0, 0.05) is 0 Å². The highest BCUT2D eigenvalue weighted by Gasteiger charge is 2.52. The number of aliphatic hydroxyl groups is 1. The minimum atomic E-state index is -0.991. The van der Waals surface area contributed by atoms with Gasteiger partial charge in [-0.1, -0.05) is 91.0 Å². The Morgan fingerprint density at radius 1 is 0.618 bits per heavy atom. The fourth-order valence-corrected chi connectivity index (χ4v) is 5.64. The lowest BCUT2D eigenvalue weighted by Crippen LogP contribution is -2.50. The van der Waals surface area contributed by atoms with Gasteiger partial charge >= 0.3 is 7.48 Å². The molecule has 0 unspecified atom stereocenters. The van der Waals surface area contributed by atoms with E-state index >= 15 is 0 Å². The van der Waals surface area contributed by atoms with Gasteiger partial charge in [-0.05, 0) is 77.7 Å². The van der Waals surface area contributed by atoms with Gasteiger partial charge in [-0.3, -0.25) is 0 Å². The Morgan fingerprint density at radius 3 is 1.56 bits per heavy atom. The van der Waals surface area contributed by atoms with E-state index in [1.165, 1.54) is 44.5 Å². The molecule has 34 heavy (non-hydrogen) atoms. The standard InChI is InChI=1S/C31H28BO2/c1-29(2,33)30(3,4)34-32-27-19-11-15-23-22-14-7-10-18-26(22)31(28(23)27)24-16-8-5-12-20(24)21-13-6-9-17-25(21)31/h5-19,33H,1-4H3. The summed E-state index contributed by atoms with van der Waals surface area (Å²) in [6, 6.07) is 32.8. The second-order valence-electron chi connectivity index (χ2n) is 10.5. The number of benzene rings is 4. The van der Waals surface area contributed by atoms with E-state index in [1.54, 1.807) is 13.8 Å². The highest BCUT2D eigenvalue weighted by atomic mass is 16.5. The summed E-state index contributed by atoms with van der Waals surface area (Å²) < 4.78 is 6.31. The lowest BCUT2D eigenvalue weighted by molar-refractivity contribution is -0.0893. The maximum atomic E-state index is 10.7. The van der Waals surface area contributed by atoms with Crippen molar-refractivity contribution in [1.82, 2.24) is 0 Å². The molecule has 3 heteroatoms. The van der Waals surface area contributed by atoms with Crippen LogP contribution in [0.15, 0.2) is 91.0 Å². The van der Waals surface area contributed by atoms with Crippen LogP contribution in [-0.2, 0) is 10.1 Å². The quantitative estimate of drug-likeness (QED) is 0.347. The van der Waals surface area contributed by atoms with E-state index in [0.29, 0.717) is 0 Å². The van der Waals surface area contributed by atoms with Crippen LogP contribution in [0.1, 0.15) is 49.9 Å². The van der Waals surface area contributed by atoms with Crippen molar-refractivity contribution in [2.24, 2.45) is 0 Å². The minimum absolute atomic E-state index is 0.408. The van der Waals surface area contributed by atoms with E-state index in [0.717, 1.165) is 5.46 Å². The molecule has 0 saturated carbocycles. The van der Waals surface area contributed by atoms with Gasteiger partial charge in [-0.2, -0.15) is 0 Å². The first-order valence-electron chi connectivity index (χ1n) is 11.9. The largest absolute Gasteiger partial charge is 0.427 e. The summed E-state index contributed by atoms with van der Waals surface area (Å²) in [5.41, 5.74) is 9.14. The molecule has 0 atom stereocenters. The van der Waals surface area contributed by atoms with Crippen LogP contribution < -0.4 is 5.46 Å². The van der Waals surface area contributed by atoms with Crippen LogP contribution in [0, 0.1) is 0 Å². The van der Waals surface area contributed by atoms with Crippen LogP contribution in [-0.4, -0.2) is 23.8 Å². The molecule has 0 amide bonds. The molecule has 0 fully saturated rings. The maximum Gasteiger partial charge on any atom is 0.331 e. The Balaban J connectivity index is 1.65. The fraction of sp³-hybridized carbons (Fsp3) is 0.226. The number of hydrogen-bond donors (Lipinski definition) is 1. The topological polar surface area (TPSA) is 29.5 Å². The van der Waals surface area contributed by atoms with Crippen molar-refractivity contribution < 1.29 is 9.76 Å². The maximum absolute atomic E-state index is 10.7. The van der Waals surface area contributed by atoms with Crippen LogP contribution in [0.2, 0.25) is 0 Å². The molecule has 0 saturated heterocycles. The molecule has 1 spiro atoms. The average molecular weight is 443 g/mol. The molecular formula is C31H28BO2. The monoisotopic (exact) mass is 443 g/mol. The second-order valence-corrected chi connectivity index (χ2v) is 10.5. The first kappa shape index (κ1) is 21.4. The summed E-state index contributed by atoms with van der Waals surface area (Å²) in [4.78, 5) is 0. The van der Waals surface area contributed by atoms with Crippen molar-refractivity contribution in [3.8, 4) is 22.3 Å². The Kier molecular flexibility index (Phi) is 4.52. The average Bonchev–Trinajstić information content (AvgIpc) is 3.30. The lowest BCUT2D eigenvalue weighted by Gasteiger charge is -2.38. The predicted octanol–water partition coefficient (Wildman–Crippen LogP) is 5.84. The van der Waals surface area contributed by atoms with Gasteiger partial charge in [0.15, 0.2) is 0 Å². The normalized spacial score (nSPS) is 15.0. The number of fused-ring (bicyclic) bond motifs is 10. The van der Waals surface area contributed by atoms with Crippen molar-refractivity contribution >= 4 is 12.9 Å². The van der Waals surface area contributed by atoms with Crippen LogP contribution in [0.4, 0.5) is 0 Å². The van der Waals surface area contributed by atoms with E-state index < -0.39 is 16.6 Å². The molecule has 0 heterocycles. The smallest absolute Gasteiger partial charge is 0.331 e. The van der Waals surface area contributed by atoms with Gasteiger partial charge in [0.2, 0.25) is 0 Å². The third kappa shape index (κ3) is 2.71. The van der Waals surface area contributed by atoms with Crippen molar-refractivity contribution in [2.75, 3.05) is 0 Å². The predicted molar refractivity (Wildman–Crippen MR) is 140 cm³/mol. The zero-order chi connectivity index (χ0) is 23.7. The van der Waals surface area contributed by atoms with Crippen LogP contribution in [0.5, 0.6) is 0 Å². The van der Waals surface area contributed by atoms with Gasteiger partial charge in [0.05, 0.1) is 16.6 Å². The molecule has 0 bridgehead atoms. The lowest BCUT2D eigenvalue weighted by atomic mass is 9.65. The number of hydrogen-bond acceptors (Lipinski definition) is 2. The molecule has 0 aliphatic heterocycles. The van der Waals surface area contributed by atoms with E-state index in [2.05, 4.69) is 91.0 Å². The van der Waals surface area contributed by atoms with Crippen LogP contribution in [0.3, 0.4) is 0 Å². The molecular weight excluding hydrogens is 415 g/mol. The molecule has 2 nitrogen and oxygen atoms in total. The van der Waals surface area contributed by atoms with Crippen molar-refractivity contribution in [1.29, 1.82) is 0 Å². The summed E-state index contributed by atoms with van der Waals surface area (Å²) in [6.07, 6.45) is 0. The summed E-state index contributed by atoms with van der Waals surface area (Å²) in [5.74, 6) is 0. The van der Waals surface area contributed by atoms with E-state index in [9.17, 15) is 5.11 Å². The summed E-state index contributed by atoms with van der Waals surface area (Å²) >= 11 is 0. The summed E-state index contributed by atoms with van der Waals surface area (Å²) in [6.45, 7) is 7.43. The molecule has 4 aromatic carbocycles. The fourth-order valence-electron chi connectivity index (χ4n) is 5.64. The van der Waals surface area contributed by atoms with Crippen LogP contribution >= 0.6 is 0 Å². The molecule has 2 aliphatic rings. The Bertz CT molecular complexity index is 1360. The van der Waals surface area contributed by atoms with Gasteiger partial charge in [-0.15, -0.1) is 0 Å². The van der Waals surface area contributed by atoms with Gasteiger partial charge in [0.1, 0.15) is 0 Å². The molecule has 1 radical (unpaired) electrons. The SMILES string of the molecule is CC(C)(O)C(C)(C)O[B]c1cccc2c1C1(c3ccccc3-c3ccccc31)c1ccccc1-2. The number of rotatable bonds is 4. The second kappa shape index (κ2) is 7.18. The molecule has 6 rings (SSSR count). The van der Waals surface area contributed by atoms with Crippen molar-refractivity contribution in [3.63, 3.8) is 0 Å². The Hall–Kier alpha value is -3.14. The van der Waals surface area contributed by atoms with E-state index in [4.69, 9.17) is 4.65 Å². The van der Waals surface area contributed by atoms with E-state index in [1.807, 2.05) is 21.3 Å². The van der Waals surface area contributed by atoms with Crippen molar-refractivity contribution in [3.05, 3.63) is 113 Å². The third-order valence-corrected chi connectivity index (χ3v) is 8.00. The molecule has 0 aromatic heterocycles. The minimum Gasteiger partial charge on any atom is -0.427 e. The zero-order valence-corrected chi connectivity index (χ0v) is 20.1. The Labute approximate surface area is 202 Å². The van der Waals surface area contributed by atoms with E-state index in [-0.39, 0.29) is 0 Å². The molecule has 167 valence electrons. The van der Waals surface area contributed by atoms with Crippen LogP contribution in [0.25, 0.3) is 22.3 Å².